The lowest BCUT2D eigenvalue weighted by molar-refractivity contribution is 0.103. The van der Waals surface area contributed by atoms with Crippen LogP contribution in [-0.4, -0.2) is 27.2 Å². The van der Waals surface area contributed by atoms with Gasteiger partial charge >= 0.3 is 0 Å². The van der Waals surface area contributed by atoms with Crippen LogP contribution in [0.3, 0.4) is 0 Å². The molecule has 1 aliphatic rings. The van der Waals surface area contributed by atoms with Gasteiger partial charge in [0.1, 0.15) is 5.82 Å². The van der Waals surface area contributed by atoms with Gasteiger partial charge in [0.2, 0.25) is 0 Å². The number of hydrogen-bond acceptors (Lipinski definition) is 2. The van der Waals surface area contributed by atoms with Crippen molar-refractivity contribution in [3.8, 4) is 0 Å². The zero-order valence-electron chi connectivity index (χ0n) is 15.3. The van der Waals surface area contributed by atoms with Gasteiger partial charge in [-0.1, -0.05) is 42.5 Å². The summed E-state index contributed by atoms with van der Waals surface area (Å²) in [5, 5.41) is 10.6. The van der Waals surface area contributed by atoms with E-state index in [0.29, 0.717) is 19.1 Å². The molecule has 1 atom stereocenters. The number of rotatable bonds is 8. The topological polar surface area (TPSA) is 28.4 Å². The standard InChI is InChI=1S/C23H25FN2O/c24-20-9-4-6-18(14-20)15-25-13-5-10-22(25)16-26(21-11-12-21)17-23(27)19-7-2-1-3-8-19/h1-10,13-14,21,23,27H,11-12,15-17H2. The molecule has 1 saturated carbocycles. The second-order valence-electron chi connectivity index (χ2n) is 7.34. The lowest BCUT2D eigenvalue weighted by Crippen LogP contribution is -2.31. The summed E-state index contributed by atoms with van der Waals surface area (Å²) in [7, 11) is 0. The highest BCUT2D eigenvalue weighted by molar-refractivity contribution is 5.20. The molecule has 1 aliphatic carbocycles. The number of aliphatic hydroxyl groups is 1. The molecule has 1 aromatic heterocycles. The molecule has 0 radical (unpaired) electrons. The van der Waals surface area contributed by atoms with Gasteiger partial charge in [-0.05, 0) is 48.2 Å². The maximum atomic E-state index is 13.5. The molecule has 27 heavy (non-hydrogen) atoms. The molecule has 3 nitrogen and oxygen atoms in total. The second kappa shape index (κ2) is 8.07. The first-order valence-corrected chi connectivity index (χ1v) is 9.54. The maximum Gasteiger partial charge on any atom is 0.123 e. The van der Waals surface area contributed by atoms with Crippen LogP contribution >= 0.6 is 0 Å². The number of benzene rings is 2. The van der Waals surface area contributed by atoms with Crippen molar-refractivity contribution in [3.63, 3.8) is 0 Å². The molecule has 2 aromatic carbocycles. The van der Waals surface area contributed by atoms with Crippen molar-refractivity contribution in [2.24, 2.45) is 0 Å². The van der Waals surface area contributed by atoms with E-state index in [2.05, 4.69) is 15.5 Å². The van der Waals surface area contributed by atoms with Crippen molar-refractivity contribution in [1.29, 1.82) is 0 Å². The smallest absolute Gasteiger partial charge is 0.123 e. The minimum atomic E-state index is -0.488. The average Bonchev–Trinajstić information content (AvgIpc) is 3.44. The van der Waals surface area contributed by atoms with Gasteiger partial charge in [-0.3, -0.25) is 4.90 Å². The Kier molecular flexibility index (Phi) is 5.37. The fourth-order valence-corrected chi connectivity index (χ4v) is 3.57. The summed E-state index contributed by atoms with van der Waals surface area (Å²) in [6, 6.07) is 21.3. The third kappa shape index (κ3) is 4.65. The number of nitrogens with zero attached hydrogens (tertiary/aromatic N) is 2. The van der Waals surface area contributed by atoms with Gasteiger partial charge in [-0.15, -0.1) is 0 Å². The first kappa shape index (κ1) is 18.0. The van der Waals surface area contributed by atoms with Gasteiger partial charge in [0.05, 0.1) is 6.10 Å². The molecule has 4 heteroatoms. The summed E-state index contributed by atoms with van der Waals surface area (Å²) in [4.78, 5) is 2.37. The number of halogens is 1. The number of aromatic nitrogens is 1. The van der Waals surface area contributed by atoms with E-state index in [-0.39, 0.29) is 5.82 Å². The SMILES string of the molecule is OC(CN(Cc1cccn1Cc1cccc(F)c1)C1CC1)c1ccccc1. The molecule has 3 aromatic rings. The minimum Gasteiger partial charge on any atom is -0.387 e. The van der Waals surface area contributed by atoms with Crippen molar-refractivity contribution in [2.75, 3.05) is 6.54 Å². The predicted molar refractivity (Wildman–Crippen MR) is 105 cm³/mol. The Morgan fingerprint density at radius 1 is 1.04 bits per heavy atom. The molecule has 1 heterocycles. The average molecular weight is 364 g/mol. The molecule has 1 unspecified atom stereocenters. The number of hydrogen-bond donors (Lipinski definition) is 1. The van der Waals surface area contributed by atoms with Crippen LogP contribution in [0.15, 0.2) is 72.9 Å². The van der Waals surface area contributed by atoms with Crippen LogP contribution in [0.4, 0.5) is 4.39 Å². The minimum absolute atomic E-state index is 0.202. The summed E-state index contributed by atoms with van der Waals surface area (Å²) in [6.45, 7) is 2.07. The molecule has 1 N–H and O–H groups in total. The highest BCUT2D eigenvalue weighted by Crippen LogP contribution is 2.30. The van der Waals surface area contributed by atoms with E-state index >= 15 is 0 Å². The molecule has 0 bridgehead atoms. The quantitative estimate of drug-likeness (QED) is 0.643. The molecular formula is C23H25FN2O. The van der Waals surface area contributed by atoms with Crippen LogP contribution in [0.25, 0.3) is 0 Å². The zero-order chi connectivity index (χ0) is 18.6. The third-order valence-corrected chi connectivity index (χ3v) is 5.19. The normalized spacial score (nSPS) is 15.2. The van der Waals surface area contributed by atoms with E-state index in [1.165, 1.54) is 24.6 Å². The van der Waals surface area contributed by atoms with Gasteiger partial charge in [0.15, 0.2) is 0 Å². The summed E-state index contributed by atoms with van der Waals surface area (Å²) < 4.78 is 15.6. The van der Waals surface area contributed by atoms with Crippen molar-refractivity contribution in [3.05, 3.63) is 95.6 Å². The molecule has 0 saturated heterocycles. The van der Waals surface area contributed by atoms with Gasteiger partial charge in [-0.2, -0.15) is 0 Å². The molecular weight excluding hydrogens is 339 g/mol. The maximum absolute atomic E-state index is 13.5. The first-order chi connectivity index (χ1) is 13.2. The van der Waals surface area contributed by atoms with E-state index in [1.807, 2.05) is 48.7 Å². The Balaban J connectivity index is 1.46. The molecule has 0 spiro atoms. The fourth-order valence-electron chi connectivity index (χ4n) is 3.57. The van der Waals surface area contributed by atoms with Crippen molar-refractivity contribution >= 4 is 0 Å². The van der Waals surface area contributed by atoms with E-state index in [1.54, 1.807) is 12.1 Å². The Morgan fingerprint density at radius 2 is 1.85 bits per heavy atom. The third-order valence-electron chi connectivity index (χ3n) is 5.19. The highest BCUT2D eigenvalue weighted by atomic mass is 19.1. The van der Waals surface area contributed by atoms with Crippen LogP contribution < -0.4 is 0 Å². The molecule has 0 amide bonds. The van der Waals surface area contributed by atoms with Gasteiger partial charge < -0.3 is 9.67 Å². The fraction of sp³-hybridized carbons (Fsp3) is 0.304. The van der Waals surface area contributed by atoms with Gasteiger partial charge in [0.25, 0.3) is 0 Å². The summed E-state index contributed by atoms with van der Waals surface area (Å²) in [6.07, 6.45) is 3.93. The van der Waals surface area contributed by atoms with Crippen molar-refractivity contribution in [2.45, 2.75) is 38.1 Å². The van der Waals surface area contributed by atoms with E-state index in [4.69, 9.17) is 0 Å². The first-order valence-electron chi connectivity index (χ1n) is 9.54. The highest BCUT2D eigenvalue weighted by Gasteiger charge is 2.31. The van der Waals surface area contributed by atoms with E-state index < -0.39 is 6.10 Å². The van der Waals surface area contributed by atoms with Crippen molar-refractivity contribution < 1.29 is 9.50 Å². The zero-order valence-corrected chi connectivity index (χ0v) is 15.3. The van der Waals surface area contributed by atoms with Crippen LogP contribution in [0.5, 0.6) is 0 Å². The van der Waals surface area contributed by atoms with Crippen molar-refractivity contribution in [1.82, 2.24) is 9.47 Å². The summed E-state index contributed by atoms with van der Waals surface area (Å²) in [5.41, 5.74) is 3.10. The summed E-state index contributed by atoms with van der Waals surface area (Å²) >= 11 is 0. The van der Waals surface area contributed by atoms with Gasteiger partial charge in [-0.25, -0.2) is 4.39 Å². The lowest BCUT2D eigenvalue weighted by atomic mass is 10.1. The Hall–Kier alpha value is -2.43. The van der Waals surface area contributed by atoms with Crippen LogP contribution in [0.2, 0.25) is 0 Å². The van der Waals surface area contributed by atoms with E-state index in [9.17, 15) is 9.50 Å². The second-order valence-corrected chi connectivity index (χ2v) is 7.34. The Labute approximate surface area is 159 Å². The monoisotopic (exact) mass is 364 g/mol. The van der Waals surface area contributed by atoms with Crippen LogP contribution in [0, 0.1) is 5.82 Å². The largest absolute Gasteiger partial charge is 0.387 e. The van der Waals surface area contributed by atoms with Crippen LogP contribution in [-0.2, 0) is 13.1 Å². The predicted octanol–water partition coefficient (Wildman–Crippen LogP) is 4.37. The Morgan fingerprint density at radius 3 is 2.59 bits per heavy atom. The molecule has 4 rings (SSSR count). The molecule has 1 fully saturated rings. The number of aliphatic hydroxyl groups excluding tert-OH is 1. The molecule has 0 aliphatic heterocycles. The lowest BCUT2D eigenvalue weighted by Gasteiger charge is -2.26. The summed E-state index contributed by atoms with van der Waals surface area (Å²) in [5.74, 6) is -0.202. The van der Waals surface area contributed by atoms with E-state index in [0.717, 1.165) is 17.7 Å². The van der Waals surface area contributed by atoms with Crippen LogP contribution in [0.1, 0.15) is 35.8 Å². The van der Waals surface area contributed by atoms with Gasteiger partial charge in [0, 0.05) is 37.6 Å². The molecule has 140 valence electrons. The Bertz CT molecular complexity index is 873.